The zero-order valence-electron chi connectivity index (χ0n) is 10.1. The topological polar surface area (TPSA) is 38.3 Å². The summed E-state index contributed by atoms with van der Waals surface area (Å²) in [5.41, 5.74) is 0. The lowest BCUT2D eigenvalue weighted by Crippen LogP contribution is -2.32. The number of benzene rings is 1. The molecule has 0 spiro atoms. The van der Waals surface area contributed by atoms with Crippen LogP contribution < -0.4 is 10.1 Å². The van der Waals surface area contributed by atoms with Gasteiger partial charge < -0.3 is 10.1 Å². The highest BCUT2D eigenvalue weighted by molar-refractivity contribution is 8.00. The van der Waals surface area contributed by atoms with Crippen molar-refractivity contribution < 1.29 is 9.53 Å². The van der Waals surface area contributed by atoms with E-state index in [1.807, 2.05) is 31.2 Å². The number of rotatable bonds is 5. The zero-order valence-corrected chi connectivity index (χ0v) is 10.9. The number of nitrogens with one attached hydrogen (secondary N) is 1. The molecule has 92 valence electrons. The highest BCUT2D eigenvalue weighted by atomic mass is 32.2. The molecule has 1 aliphatic carbocycles. The van der Waals surface area contributed by atoms with Gasteiger partial charge in [-0.05, 0) is 31.9 Å². The molecule has 1 saturated carbocycles. The van der Waals surface area contributed by atoms with Gasteiger partial charge in [-0.3, -0.25) is 4.79 Å². The molecule has 17 heavy (non-hydrogen) atoms. The first kappa shape index (κ1) is 12.3. The van der Waals surface area contributed by atoms with Crippen LogP contribution in [0.4, 0.5) is 0 Å². The summed E-state index contributed by atoms with van der Waals surface area (Å²) in [5.74, 6) is 0.937. The Bertz CT molecular complexity index is 404. The average Bonchev–Trinajstić information content (AvgIpc) is 3.13. The third kappa shape index (κ3) is 3.40. The lowest BCUT2D eigenvalue weighted by atomic mass is 10.3. The Kier molecular flexibility index (Phi) is 3.94. The number of amides is 1. The average molecular weight is 251 g/mol. The van der Waals surface area contributed by atoms with E-state index in [1.165, 1.54) is 11.8 Å². The third-order valence-corrected chi connectivity index (χ3v) is 3.82. The molecule has 1 aromatic carbocycles. The van der Waals surface area contributed by atoms with E-state index in [0.717, 1.165) is 23.5 Å². The van der Waals surface area contributed by atoms with Crippen LogP contribution in [0.3, 0.4) is 0 Å². The first-order valence-electron chi connectivity index (χ1n) is 5.80. The van der Waals surface area contributed by atoms with Gasteiger partial charge in [0.25, 0.3) is 0 Å². The molecule has 1 aliphatic rings. The molecule has 1 amide bonds. The van der Waals surface area contributed by atoms with Gasteiger partial charge >= 0.3 is 0 Å². The molecular formula is C13H17NO2S. The molecule has 0 radical (unpaired) electrons. The lowest BCUT2D eigenvalue weighted by molar-refractivity contribution is -0.120. The summed E-state index contributed by atoms with van der Waals surface area (Å²) in [6.07, 6.45) is 2.25. The molecular weight excluding hydrogens is 234 g/mol. The Morgan fingerprint density at radius 3 is 2.82 bits per heavy atom. The van der Waals surface area contributed by atoms with E-state index < -0.39 is 0 Å². The van der Waals surface area contributed by atoms with Crippen molar-refractivity contribution in [3.8, 4) is 5.75 Å². The summed E-state index contributed by atoms with van der Waals surface area (Å²) in [5, 5.41) is 2.92. The number of hydrogen-bond acceptors (Lipinski definition) is 3. The Morgan fingerprint density at radius 1 is 1.47 bits per heavy atom. The SMILES string of the molecule is COc1ccccc1SC(C)C(=O)NC1CC1. The zero-order chi connectivity index (χ0) is 12.3. The van der Waals surface area contributed by atoms with Crippen LogP contribution in [0.25, 0.3) is 0 Å². The van der Waals surface area contributed by atoms with E-state index in [2.05, 4.69) is 5.32 Å². The summed E-state index contributed by atoms with van der Waals surface area (Å²) in [4.78, 5) is 12.8. The predicted molar refractivity (Wildman–Crippen MR) is 69.5 cm³/mol. The van der Waals surface area contributed by atoms with Crippen molar-refractivity contribution in [3.63, 3.8) is 0 Å². The predicted octanol–water partition coefficient (Wildman–Crippen LogP) is 2.45. The van der Waals surface area contributed by atoms with Crippen LogP contribution >= 0.6 is 11.8 Å². The van der Waals surface area contributed by atoms with Gasteiger partial charge in [0, 0.05) is 6.04 Å². The molecule has 4 heteroatoms. The minimum Gasteiger partial charge on any atom is -0.496 e. The van der Waals surface area contributed by atoms with Gasteiger partial charge in [0.05, 0.1) is 17.3 Å². The van der Waals surface area contributed by atoms with Crippen molar-refractivity contribution in [2.45, 2.75) is 36.0 Å². The van der Waals surface area contributed by atoms with Crippen molar-refractivity contribution >= 4 is 17.7 Å². The van der Waals surface area contributed by atoms with E-state index in [-0.39, 0.29) is 11.2 Å². The first-order chi connectivity index (χ1) is 8.20. The largest absolute Gasteiger partial charge is 0.496 e. The molecule has 3 nitrogen and oxygen atoms in total. The standard InChI is InChI=1S/C13H17NO2S/c1-9(13(15)14-10-7-8-10)17-12-6-4-3-5-11(12)16-2/h3-6,9-10H,7-8H2,1-2H3,(H,14,15). The second kappa shape index (κ2) is 5.45. The molecule has 0 aromatic heterocycles. The van der Waals surface area contributed by atoms with Crippen molar-refractivity contribution in [1.29, 1.82) is 0 Å². The fourth-order valence-corrected chi connectivity index (χ4v) is 2.49. The summed E-state index contributed by atoms with van der Waals surface area (Å²) >= 11 is 1.54. The fraction of sp³-hybridized carbons (Fsp3) is 0.462. The number of para-hydroxylation sites is 1. The van der Waals surface area contributed by atoms with E-state index in [9.17, 15) is 4.79 Å². The lowest BCUT2D eigenvalue weighted by Gasteiger charge is -2.13. The van der Waals surface area contributed by atoms with E-state index >= 15 is 0 Å². The molecule has 1 unspecified atom stereocenters. The van der Waals surface area contributed by atoms with Gasteiger partial charge in [0.1, 0.15) is 5.75 Å². The highest BCUT2D eigenvalue weighted by Gasteiger charge is 2.26. The summed E-state index contributed by atoms with van der Waals surface area (Å²) in [6.45, 7) is 1.93. The summed E-state index contributed by atoms with van der Waals surface area (Å²) in [6, 6.07) is 8.19. The van der Waals surface area contributed by atoms with Crippen LogP contribution in [-0.4, -0.2) is 24.3 Å². The third-order valence-electron chi connectivity index (χ3n) is 2.67. The van der Waals surface area contributed by atoms with Crippen molar-refractivity contribution in [3.05, 3.63) is 24.3 Å². The maximum Gasteiger partial charge on any atom is 0.233 e. The normalized spacial score (nSPS) is 16.4. The quantitative estimate of drug-likeness (QED) is 0.817. The van der Waals surface area contributed by atoms with Gasteiger partial charge in [0.15, 0.2) is 0 Å². The Hall–Kier alpha value is -1.16. The molecule has 0 bridgehead atoms. The number of carbonyl (C=O) groups excluding carboxylic acids is 1. The molecule has 1 atom stereocenters. The highest BCUT2D eigenvalue weighted by Crippen LogP contribution is 2.32. The maximum absolute atomic E-state index is 11.8. The maximum atomic E-state index is 11.8. The Morgan fingerprint density at radius 2 is 2.18 bits per heavy atom. The van der Waals surface area contributed by atoms with E-state index in [0.29, 0.717) is 6.04 Å². The number of methoxy groups -OCH3 is 1. The smallest absolute Gasteiger partial charge is 0.233 e. The summed E-state index contributed by atoms with van der Waals surface area (Å²) < 4.78 is 5.27. The molecule has 0 aliphatic heterocycles. The van der Waals surface area contributed by atoms with Gasteiger partial charge in [0.2, 0.25) is 5.91 Å². The monoisotopic (exact) mass is 251 g/mol. The van der Waals surface area contributed by atoms with Crippen LogP contribution in [0.1, 0.15) is 19.8 Å². The molecule has 1 fully saturated rings. The minimum absolute atomic E-state index is 0.0908. The van der Waals surface area contributed by atoms with Crippen LogP contribution in [0.2, 0.25) is 0 Å². The minimum atomic E-state index is -0.0908. The molecule has 0 heterocycles. The molecule has 1 N–H and O–H groups in total. The van der Waals surface area contributed by atoms with Crippen LogP contribution in [0.15, 0.2) is 29.2 Å². The Balaban J connectivity index is 1.96. The van der Waals surface area contributed by atoms with Gasteiger partial charge in [-0.1, -0.05) is 12.1 Å². The van der Waals surface area contributed by atoms with Crippen molar-refractivity contribution in [2.75, 3.05) is 7.11 Å². The fourth-order valence-electron chi connectivity index (χ4n) is 1.51. The van der Waals surface area contributed by atoms with Crippen molar-refractivity contribution in [1.82, 2.24) is 5.32 Å². The van der Waals surface area contributed by atoms with Crippen LogP contribution in [0, 0.1) is 0 Å². The van der Waals surface area contributed by atoms with Gasteiger partial charge in [-0.2, -0.15) is 0 Å². The van der Waals surface area contributed by atoms with Gasteiger partial charge in [-0.25, -0.2) is 0 Å². The van der Waals surface area contributed by atoms with Crippen molar-refractivity contribution in [2.24, 2.45) is 0 Å². The second-order valence-corrected chi connectivity index (χ2v) is 5.58. The van der Waals surface area contributed by atoms with E-state index in [1.54, 1.807) is 7.11 Å². The number of thioether (sulfide) groups is 1. The van der Waals surface area contributed by atoms with Crippen LogP contribution in [-0.2, 0) is 4.79 Å². The summed E-state index contributed by atoms with van der Waals surface area (Å²) in [7, 11) is 1.65. The first-order valence-corrected chi connectivity index (χ1v) is 6.68. The van der Waals surface area contributed by atoms with Crippen LogP contribution in [0.5, 0.6) is 5.75 Å². The molecule has 2 rings (SSSR count). The molecule has 0 saturated heterocycles. The Labute approximate surface area is 106 Å². The van der Waals surface area contributed by atoms with Gasteiger partial charge in [-0.15, -0.1) is 11.8 Å². The number of ether oxygens (including phenoxy) is 1. The van der Waals surface area contributed by atoms with E-state index in [4.69, 9.17) is 4.74 Å². The number of carbonyl (C=O) groups is 1. The number of hydrogen-bond donors (Lipinski definition) is 1. The molecule has 1 aromatic rings. The second-order valence-electron chi connectivity index (χ2n) is 4.19.